The van der Waals surface area contributed by atoms with Gasteiger partial charge in [0.1, 0.15) is 5.69 Å². The fourth-order valence-electron chi connectivity index (χ4n) is 4.04. The molecule has 1 aliphatic heterocycles. The highest BCUT2D eigenvalue weighted by atomic mass is 79.9. The highest BCUT2D eigenvalue weighted by molar-refractivity contribution is 9.10. The summed E-state index contributed by atoms with van der Waals surface area (Å²) in [7, 11) is 0. The molecule has 2 atom stereocenters. The Bertz CT molecular complexity index is 926. The molecular weight excluding hydrogens is 526 g/mol. The minimum absolute atomic E-state index is 0. The Morgan fingerprint density at radius 3 is 2.88 bits per heavy atom. The topological polar surface area (TPSA) is 106 Å². The van der Waals surface area contributed by atoms with Crippen LogP contribution in [0.3, 0.4) is 0 Å². The lowest BCUT2D eigenvalue weighted by Crippen LogP contribution is -2.52. The van der Waals surface area contributed by atoms with Gasteiger partial charge in [0, 0.05) is 31.5 Å². The zero-order chi connectivity index (χ0) is 23.8. The van der Waals surface area contributed by atoms with Crippen molar-refractivity contribution in [3.05, 3.63) is 40.0 Å². The maximum absolute atomic E-state index is 11.5. The molecule has 3 N–H and O–H groups in total. The normalized spacial score (nSPS) is 20.2. The van der Waals surface area contributed by atoms with Crippen LogP contribution in [0.4, 0.5) is 0 Å². The number of ether oxygens (including phenoxy) is 2. The van der Waals surface area contributed by atoms with Gasteiger partial charge in [0.25, 0.3) is 0 Å². The standard InChI is InChI=1S/C24H34BrN3O5.ClH/c1-16(2)32-13-12-31-15-24(30)9-11-26-14-20(24)22-21(25)23(33-28-22)19-7-5-4-6-18(19)8-10-27-17(3)29;/h4-7,16,20,26,30H,8-15H2,1-3H3,(H,27,29);1H/t20-,24+;/m1./s1. The van der Waals surface area contributed by atoms with Crippen LogP contribution in [0.2, 0.25) is 0 Å². The predicted octanol–water partition coefficient (Wildman–Crippen LogP) is 3.45. The lowest BCUT2D eigenvalue weighted by Gasteiger charge is -2.39. The summed E-state index contributed by atoms with van der Waals surface area (Å²) < 4.78 is 17.8. The summed E-state index contributed by atoms with van der Waals surface area (Å²) in [5.74, 6) is 0.260. The fraction of sp³-hybridized carbons (Fsp3) is 0.583. The number of nitrogens with one attached hydrogen (secondary N) is 2. The molecule has 34 heavy (non-hydrogen) atoms. The van der Waals surface area contributed by atoms with Gasteiger partial charge in [0.15, 0.2) is 5.76 Å². The second-order valence-electron chi connectivity index (χ2n) is 8.68. The minimum Gasteiger partial charge on any atom is -0.387 e. The quantitative estimate of drug-likeness (QED) is 0.362. The van der Waals surface area contributed by atoms with Crippen molar-refractivity contribution in [3.8, 4) is 11.3 Å². The first-order valence-electron chi connectivity index (χ1n) is 11.4. The van der Waals surface area contributed by atoms with Gasteiger partial charge in [-0.05, 0) is 54.7 Å². The van der Waals surface area contributed by atoms with E-state index in [0.717, 1.165) is 15.6 Å². The van der Waals surface area contributed by atoms with Gasteiger partial charge in [-0.25, -0.2) is 0 Å². The third-order valence-corrected chi connectivity index (χ3v) is 6.55. The smallest absolute Gasteiger partial charge is 0.216 e. The Kier molecular flexibility index (Phi) is 11.5. The van der Waals surface area contributed by atoms with Gasteiger partial charge in [0.05, 0.1) is 36.0 Å². The number of carbonyl (C=O) groups excluding carboxylic acids is 1. The van der Waals surface area contributed by atoms with Crippen molar-refractivity contribution in [2.24, 2.45) is 0 Å². The summed E-state index contributed by atoms with van der Waals surface area (Å²) in [6.45, 7) is 8.38. The van der Waals surface area contributed by atoms with Crippen molar-refractivity contribution in [1.82, 2.24) is 15.8 Å². The van der Waals surface area contributed by atoms with E-state index in [4.69, 9.17) is 14.0 Å². The van der Waals surface area contributed by atoms with E-state index in [2.05, 4.69) is 31.7 Å². The van der Waals surface area contributed by atoms with Crippen LogP contribution in [0.15, 0.2) is 33.3 Å². The Morgan fingerprint density at radius 1 is 1.38 bits per heavy atom. The van der Waals surface area contributed by atoms with Crippen LogP contribution in [-0.2, 0) is 20.7 Å². The molecular formula is C24H35BrClN3O5. The summed E-state index contributed by atoms with van der Waals surface area (Å²) in [6.07, 6.45) is 1.36. The van der Waals surface area contributed by atoms with Gasteiger partial charge in [0.2, 0.25) is 5.91 Å². The average Bonchev–Trinajstić information content (AvgIpc) is 3.14. The molecule has 0 bridgehead atoms. The number of carbonyl (C=O) groups is 1. The first kappa shape index (κ1) is 28.7. The van der Waals surface area contributed by atoms with Crippen LogP contribution in [0.25, 0.3) is 11.3 Å². The Labute approximate surface area is 215 Å². The maximum atomic E-state index is 11.5. The van der Waals surface area contributed by atoms with Crippen LogP contribution in [-0.4, -0.2) is 67.3 Å². The molecule has 2 heterocycles. The number of nitrogens with zero attached hydrogens (tertiary/aromatic N) is 1. The van der Waals surface area contributed by atoms with Gasteiger partial charge in [-0.15, -0.1) is 12.4 Å². The number of amides is 1. The number of aromatic nitrogens is 1. The Balaban J connectivity index is 0.00000408. The molecule has 190 valence electrons. The molecule has 1 fully saturated rings. The minimum atomic E-state index is -1.06. The summed E-state index contributed by atoms with van der Waals surface area (Å²) in [5, 5.41) is 22.0. The van der Waals surface area contributed by atoms with Crippen molar-refractivity contribution < 1.29 is 23.9 Å². The molecule has 1 aromatic heterocycles. The van der Waals surface area contributed by atoms with Crippen LogP contribution < -0.4 is 10.6 Å². The number of aliphatic hydroxyl groups is 1. The lowest BCUT2D eigenvalue weighted by atomic mass is 9.80. The highest BCUT2D eigenvalue weighted by Gasteiger charge is 2.43. The largest absolute Gasteiger partial charge is 0.387 e. The van der Waals surface area contributed by atoms with E-state index in [1.165, 1.54) is 6.92 Å². The predicted molar refractivity (Wildman–Crippen MR) is 136 cm³/mol. The molecule has 1 saturated heterocycles. The average molecular weight is 561 g/mol. The first-order chi connectivity index (χ1) is 15.8. The fourth-order valence-corrected chi connectivity index (χ4v) is 4.67. The van der Waals surface area contributed by atoms with E-state index < -0.39 is 5.60 Å². The molecule has 0 spiro atoms. The number of hydrogen-bond donors (Lipinski definition) is 3. The van der Waals surface area contributed by atoms with Gasteiger partial charge in [-0.1, -0.05) is 29.4 Å². The number of benzene rings is 1. The van der Waals surface area contributed by atoms with Crippen molar-refractivity contribution in [1.29, 1.82) is 0 Å². The van der Waals surface area contributed by atoms with E-state index in [0.29, 0.717) is 57.1 Å². The van der Waals surface area contributed by atoms with Gasteiger partial charge >= 0.3 is 0 Å². The lowest BCUT2D eigenvalue weighted by molar-refractivity contribution is -0.118. The van der Waals surface area contributed by atoms with Gasteiger partial charge in [-0.3, -0.25) is 4.79 Å². The first-order valence-corrected chi connectivity index (χ1v) is 12.2. The Hall–Kier alpha value is -1.49. The summed E-state index contributed by atoms with van der Waals surface area (Å²) in [6, 6.07) is 7.89. The summed E-state index contributed by atoms with van der Waals surface area (Å²) >= 11 is 3.68. The van der Waals surface area contributed by atoms with Crippen LogP contribution in [0, 0.1) is 0 Å². The van der Waals surface area contributed by atoms with E-state index in [1.807, 2.05) is 38.1 Å². The SMILES string of the molecule is CC(=O)NCCc1ccccc1-c1onc([C@H]2CNCC[C@]2(O)COCCOC(C)C)c1Br.Cl. The third-order valence-electron chi connectivity index (χ3n) is 5.78. The van der Waals surface area contributed by atoms with Crippen LogP contribution in [0.1, 0.15) is 44.4 Å². The van der Waals surface area contributed by atoms with Gasteiger partial charge in [-0.2, -0.15) is 0 Å². The van der Waals surface area contributed by atoms with Crippen LogP contribution in [0.5, 0.6) is 0 Å². The number of piperidine rings is 1. The molecule has 8 nitrogen and oxygen atoms in total. The highest BCUT2D eigenvalue weighted by Crippen LogP contribution is 2.41. The molecule has 0 aliphatic carbocycles. The molecule has 0 saturated carbocycles. The third kappa shape index (κ3) is 7.50. The zero-order valence-corrected chi connectivity index (χ0v) is 22.3. The number of hydrogen-bond acceptors (Lipinski definition) is 7. The molecule has 1 amide bonds. The second kappa shape index (κ2) is 13.6. The molecule has 3 rings (SSSR count). The second-order valence-corrected chi connectivity index (χ2v) is 9.48. The van der Waals surface area contributed by atoms with Crippen LogP contribution >= 0.6 is 28.3 Å². The molecule has 1 aromatic carbocycles. The molecule has 10 heteroatoms. The van der Waals surface area contributed by atoms with Crippen molar-refractivity contribution in [2.45, 2.75) is 51.2 Å². The summed E-state index contributed by atoms with van der Waals surface area (Å²) in [5.41, 5.74) is 1.55. The number of rotatable bonds is 11. The zero-order valence-electron chi connectivity index (χ0n) is 19.9. The molecule has 0 radical (unpaired) electrons. The van der Waals surface area contributed by atoms with E-state index in [-0.39, 0.29) is 36.9 Å². The van der Waals surface area contributed by atoms with Gasteiger partial charge < -0.3 is 29.7 Å². The Morgan fingerprint density at radius 2 is 2.15 bits per heavy atom. The van der Waals surface area contributed by atoms with E-state index in [9.17, 15) is 9.90 Å². The van der Waals surface area contributed by atoms with Crippen molar-refractivity contribution in [3.63, 3.8) is 0 Å². The number of halogens is 2. The maximum Gasteiger partial charge on any atom is 0.216 e. The molecule has 0 unspecified atom stereocenters. The summed E-state index contributed by atoms with van der Waals surface area (Å²) in [4.78, 5) is 11.2. The van der Waals surface area contributed by atoms with Crippen molar-refractivity contribution >= 4 is 34.2 Å². The van der Waals surface area contributed by atoms with Crippen molar-refractivity contribution in [2.75, 3.05) is 39.5 Å². The molecule has 1 aliphatic rings. The van der Waals surface area contributed by atoms with E-state index >= 15 is 0 Å². The monoisotopic (exact) mass is 559 g/mol. The molecule has 2 aromatic rings. The van der Waals surface area contributed by atoms with E-state index in [1.54, 1.807) is 0 Å².